The van der Waals surface area contributed by atoms with Gasteiger partial charge in [0.1, 0.15) is 9.84 Å². The third-order valence-electron chi connectivity index (χ3n) is 2.40. The molecule has 0 aromatic heterocycles. The van der Waals surface area contributed by atoms with Crippen molar-refractivity contribution >= 4 is 39.0 Å². The highest BCUT2D eigenvalue weighted by atomic mass is 35.5. The van der Waals surface area contributed by atoms with E-state index in [4.69, 9.17) is 16.7 Å². The number of carbonyl (C=O) groups is 2. The summed E-state index contributed by atoms with van der Waals surface area (Å²) in [6, 6.07) is 4.10. The number of benzene rings is 1. The van der Waals surface area contributed by atoms with Crippen LogP contribution in [0.2, 0.25) is 5.02 Å². The Hall–Kier alpha value is -1.60. The second kappa shape index (κ2) is 6.71. The first-order chi connectivity index (χ1) is 9.19. The number of carboxylic acid groups (broad SMARTS) is 1. The van der Waals surface area contributed by atoms with Crippen LogP contribution < -0.4 is 5.32 Å². The van der Waals surface area contributed by atoms with E-state index in [-0.39, 0.29) is 35.1 Å². The number of rotatable bonds is 6. The number of nitrogens with one attached hydrogen (secondary N) is 1. The number of aromatic carboxylic acids is 1. The van der Waals surface area contributed by atoms with Crippen LogP contribution in [0.5, 0.6) is 0 Å². The van der Waals surface area contributed by atoms with Crippen molar-refractivity contribution in [1.29, 1.82) is 0 Å². The fourth-order valence-corrected chi connectivity index (χ4v) is 2.35. The average Bonchev–Trinajstić information content (AvgIpc) is 2.29. The normalized spacial score (nSPS) is 11.1. The van der Waals surface area contributed by atoms with Crippen molar-refractivity contribution < 1.29 is 23.1 Å². The third-order valence-corrected chi connectivity index (χ3v) is 3.76. The summed E-state index contributed by atoms with van der Waals surface area (Å²) >= 11 is 5.70. The van der Waals surface area contributed by atoms with Gasteiger partial charge in [0.2, 0.25) is 5.91 Å². The lowest BCUT2D eigenvalue weighted by atomic mass is 10.2. The largest absolute Gasteiger partial charge is 0.478 e. The van der Waals surface area contributed by atoms with Crippen molar-refractivity contribution in [1.82, 2.24) is 0 Å². The molecule has 0 saturated carbocycles. The summed E-state index contributed by atoms with van der Waals surface area (Å²) in [6.07, 6.45) is 1.35. The minimum Gasteiger partial charge on any atom is -0.478 e. The Labute approximate surface area is 121 Å². The van der Waals surface area contributed by atoms with Crippen LogP contribution in [0, 0.1) is 0 Å². The second-order valence-electron chi connectivity index (χ2n) is 4.28. The summed E-state index contributed by atoms with van der Waals surface area (Å²) < 4.78 is 21.8. The van der Waals surface area contributed by atoms with Crippen LogP contribution in [0.25, 0.3) is 0 Å². The maximum atomic E-state index is 11.6. The second-order valence-corrected chi connectivity index (χ2v) is 6.95. The minimum atomic E-state index is -3.09. The highest BCUT2D eigenvalue weighted by Gasteiger charge is 2.11. The van der Waals surface area contributed by atoms with Gasteiger partial charge >= 0.3 is 5.97 Å². The minimum absolute atomic E-state index is 0.0398. The van der Waals surface area contributed by atoms with Gasteiger partial charge in [0.25, 0.3) is 0 Å². The summed E-state index contributed by atoms with van der Waals surface area (Å²) in [5, 5.41) is 11.5. The lowest BCUT2D eigenvalue weighted by molar-refractivity contribution is -0.116. The molecule has 0 spiro atoms. The number of amides is 1. The zero-order valence-corrected chi connectivity index (χ0v) is 12.3. The molecule has 0 aliphatic heterocycles. The fourth-order valence-electron chi connectivity index (χ4n) is 1.49. The van der Waals surface area contributed by atoms with Gasteiger partial charge in [-0.05, 0) is 24.6 Å². The number of anilines is 1. The molecule has 0 unspecified atom stereocenters. The van der Waals surface area contributed by atoms with E-state index in [0.717, 1.165) is 6.26 Å². The van der Waals surface area contributed by atoms with Crippen molar-refractivity contribution in [3.63, 3.8) is 0 Å². The molecule has 2 N–H and O–H groups in total. The lowest BCUT2D eigenvalue weighted by Gasteiger charge is -2.07. The van der Waals surface area contributed by atoms with E-state index in [1.165, 1.54) is 18.2 Å². The van der Waals surface area contributed by atoms with E-state index in [1.54, 1.807) is 0 Å². The van der Waals surface area contributed by atoms with Gasteiger partial charge in [-0.1, -0.05) is 11.6 Å². The van der Waals surface area contributed by atoms with Crippen molar-refractivity contribution in [3.05, 3.63) is 28.8 Å². The van der Waals surface area contributed by atoms with Gasteiger partial charge < -0.3 is 10.4 Å². The van der Waals surface area contributed by atoms with Crippen molar-refractivity contribution in [2.45, 2.75) is 12.8 Å². The monoisotopic (exact) mass is 319 g/mol. The first-order valence-electron chi connectivity index (χ1n) is 5.69. The predicted molar refractivity (Wildman–Crippen MR) is 76.0 cm³/mol. The van der Waals surface area contributed by atoms with Gasteiger partial charge in [0, 0.05) is 18.4 Å². The van der Waals surface area contributed by atoms with Crippen LogP contribution in [0.1, 0.15) is 23.2 Å². The van der Waals surface area contributed by atoms with Crippen LogP contribution in [0.3, 0.4) is 0 Å². The Morgan fingerprint density at radius 1 is 1.35 bits per heavy atom. The number of carbonyl (C=O) groups excluding carboxylic acids is 1. The van der Waals surface area contributed by atoms with Crippen LogP contribution >= 0.6 is 11.6 Å². The highest BCUT2D eigenvalue weighted by Crippen LogP contribution is 2.20. The Morgan fingerprint density at radius 2 is 2.00 bits per heavy atom. The van der Waals surface area contributed by atoms with Crippen LogP contribution in [0.4, 0.5) is 5.69 Å². The molecule has 0 aliphatic rings. The molecule has 0 bridgehead atoms. The van der Waals surface area contributed by atoms with Crippen molar-refractivity contribution in [3.8, 4) is 0 Å². The van der Waals surface area contributed by atoms with E-state index < -0.39 is 15.8 Å². The van der Waals surface area contributed by atoms with Gasteiger partial charge in [0.05, 0.1) is 16.3 Å². The molecule has 0 saturated heterocycles. The Balaban J connectivity index is 2.63. The standard InChI is InChI=1S/C12H14ClNO5S/c1-20(18,19)6-2-3-11(15)14-8-4-5-10(13)9(7-8)12(16)17/h4-5,7H,2-3,6H2,1H3,(H,14,15)(H,16,17). The van der Waals surface area contributed by atoms with Gasteiger partial charge in [-0.3, -0.25) is 4.79 Å². The highest BCUT2D eigenvalue weighted by molar-refractivity contribution is 7.90. The van der Waals surface area contributed by atoms with Gasteiger partial charge in [-0.25, -0.2) is 13.2 Å². The van der Waals surface area contributed by atoms with Crippen LogP contribution in [-0.2, 0) is 14.6 Å². The lowest BCUT2D eigenvalue weighted by Crippen LogP contribution is -2.14. The molecule has 1 aromatic carbocycles. The number of halogens is 1. The molecule has 1 aromatic rings. The van der Waals surface area contributed by atoms with E-state index in [1.807, 2.05) is 0 Å². The third kappa shape index (κ3) is 5.58. The SMILES string of the molecule is CS(=O)(=O)CCCC(=O)Nc1ccc(Cl)c(C(=O)O)c1. The number of hydrogen-bond donors (Lipinski definition) is 2. The predicted octanol–water partition coefficient (Wildman–Crippen LogP) is 1.80. The number of hydrogen-bond acceptors (Lipinski definition) is 4. The molecule has 1 rings (SSSR count). The van der Waals surface area contributed by atoms with E-state index >= 15 is 0 Å². The van der Waals surface area contributed by atoms with Gasteiger partial charge in [-0.2, -0.15) is 0 Å². The summed E-state index contributed by atoms with van der Waals surface area (Å²) in [6.45, 7) is 0. The molecule has 0 fully saturated rings. The van der Waals surface area contributed by atoms with E-state index in [9.17, 15) is 18.0 Å². The molecule has 20 heavy (non-hydrogen) atoms. The van der Waals surface area contributed by atoms with Crippen molar-refractivity contribution in [2.24, 2.45) is 0 Å². The molecule has 0 radical (unpaired) electrons. The van der Waals surface area contributed by atoms with Crippen LogP contribution in [-0.4, -0.2) is 37.4 Å². The molecule has 0 aliphatic carbocycles. The molecule has 8 heteroatoms. The summed E-state index contributed by atoms with van der Waals surface area (Å²) in [7, 11) is -3.09. The van der Waals surface area contributed by atoms with Crippen LogP contribution in [0.15, 0.2) is 18.2 Å². The van der Waals surface area contributed by atoms with Gasteiger partial charge in [-0.15, -0.1) is 0 Å². The molecular weight excluding hydrogens is 306 g/mol. The maximum absolute atomic E-state index is 11.6. The molecular formula is C12H14ClNO5S. The average molecular weight is 320 g/mol. The first kappa shape index (κ1) is 16.5. The summed E-state index contributed by atoms with van der Waals surface area (Å²) in [5.41, 5.74) is 0.191. The summed E-state index contributed by atoms with van der Waals surface area (Å²) in [5.74, 6) is -1.64. The smallest absolute Gasteiger partial charge is 0.337 e. The Bertz CT molecular complexity index is 627. The molecule has 6 nitrogen and oxygen atoms in total. The van der Waals surface area contributed by atoms with E-state index in [0.29, 0.717) is 5.69 Å². The zero-order valence-electron chi connectivity index (χ0n) is 10.7. The first-order valence-corrected chi connectivity index (χ1v) is 8.13. The molecule has 110 valence electrons. The molecule has 1 amide bonds. The number of sulfone groups is 1. The quantitative estimate of drug-likeness (QED) is 0.832. The number of carboxylic acids is 1. The maximum Gasteiger partial charge on any atom is 0.337 e. The van der Waals surface area contributed by atoms with E-state index in [2.05, 4.69) is 5.32 Å². The van der Waals surface area contributed by atoms with Crippen molar-refractivity contribution in [2.75, 3.05) is 17.3 Å². The fraction of sp³-hybridized carbons (Fsp3) is 0.333. The zero-order chi connectivity index (χ0) is 15.3. The Kier molecular flexibility index (Phi) is 5.52. The Morgan fingerprint density at radius 3 is 2.55 bits per heavy atom. The molecule has 0 heterocycles. The topological polar surface area (TPSA) is 101 Å². The molecule has 0 atom stereocenters. The van der Waals surface area contributed by atoms with Gasteiger partial charge in [0.15, 0.2) is 0 Å². The summed E-state index contributed by atoms with van der Waals surface area (Å²) in [4.78, 5) is 22.5.